The molecule has 1 saturated heterocycles. The minimum atomic E-state index is -0.516. The first-order valence-electron chi connectivity index (χ1n) is 9.49. The van der Waals surface area contributed by atoms with Crippen LogP contribution in [0.2, 0.25) is 0 Å². The van der Waals surface area contributed by atoms with E-state index in [-0.39, 0.29) is 11.6 Å². The van der Waals surface area contributed by atoms with E-state index in [4.69, 9.17) is 9.47 Å². The zero-order valence-electron chi connectivity index (χ0n) is 16.2. The molecule has 1 aromatic carbocycles. The molecule has 0 bridgehead atoms. The zero-order valence-corrected chi connectivity index (χ0v) is 16.2. The molecule has 2 atom stereocenters. The Balaban J connectivity index is 1.86. The Morgan fingerprint density at radius 2 is 2.11 bits per heavy atom. The minimum Gasteiger partial charge on any atom is -0.497 e. The number of esters is 1. The first-order valence-corrected chi connectivity index (χ1v) is 9.49. The van der Waals surface area contributed by atoms with Crippen LogP contribution in [0, 0.1) is 0 Å². The highest BCUT2D eigenvalue weighted by Crippen LogP contribution is 2.31. The van der Waals surface area contributed by atoms with Crippen LogP contribution in [0.4, 0.5) is 5.69 Å². The summed E-state index contributed by atoms with van der Waals surface area (Å²) in [4.78, 5) is 29.3. The SMILES string of the molecule is CC[C@H]1CCCC[NH+]1CC(=O)Nc1c(C(=O)OC)[nH]c2cc(OC)ccc12. The van der Waals surface area contributed by atoms with Crippen LogP contribution < -0.4 is 15.0 Å². The van der Waals surface area contributed by atoms with Gasteiger partial charge in [0, 0.05) is 11.5 Å². The molecular formula is C20H28N3O4+. The number of rotatable bonds is 6. The summed E-state index contributed by atoms with van der Waals surface area (Å²) in [6.45, 7) is 3.60. The molecule has 27 heavy (non-hydrogen) atoms. The number of benzene rings is 1. The van der Waals surface area contributed by atoms with Gasteiger partial charge >= 0.3 is 5.97 Å². The molecule has 1 fully saturated rings. The van der Waals surface area contributed by atoms with Crippen molar-refractivity contribution in [2.24, 2.45) is 0 Å². The molecule has 7 nitrogen and oxygen atoms in total. The first-order chi connectivity index (χ1) is 13.1. The highest BCUT2D eigenvalue weighted by molar-refractivity contribution is 6.11. The highest BCUT2D eigenvalue weighted by Gasteiger charge is 2.28. The number of hydrogen-bond acceptors (Lipinski definition) is 4. The van der Waals surface area contributed by atoms with Crippen LogP contribution in [-0.4, -0.2) is 50.2 Å². The van der Waals surface area contributed by atoms with Gasteiger partial charge < -0.3 is 24.7 Å². The number of hydrogen-bond donors (Lipinski definition) is 3. The second-order valence-electron chi connectivity index (χ2n) is 7.01. The van der Waals surface area contributed by atoms with Gasteiger partial charge in [-0.1, -0.05) is 6.92 Å². The molecule has 3 N–H and O–H groups in total. The van der Waals surface area contributed by atoms with Gasteiger partial charge in [-0.15, -0.1) is 0 Å². The number of amides is 1. The van der Waals surface area contributed by atoms with E-state index in [2.05, 4.69) is 17.2 Å². The Hall–Kier alpha value is -2.54. The third kappa shape index (κ3) is 4.08. The van der Waals surface area contributed by atoms with Gasteiger partial charge in [-0.3, -0.25) is 4.79 Å². The quantitative estimate of drug-likeness (QED) is 0.673. The van der Waals surface area contributed by atoms with E-state index in [0.717, 1.165) is 24.8 Å². The fourth-order valence-corrected chi connectivity index (χ4v) is 3.95. The zero-order chi connectivity index (χ0) is 19.4. The standard InChI is InChI=1S/C20H27N3O4/c1-4-13-7-5-6-10-23(13)12-17(24)22-18-15-9-8-14(26-2)11-16(15)21-19(18)20(25)27-3/h8-9,11,13,21H,4-7,10,12H2,1-3H3,(H,22,24)/p+1/t13-/m0/s1. The number of likely N-dealkylation sites (tertiary alicyclic amines) is 1. The molecule has 0 aliphatic carbocycles. The number of quaternary nitrogens is 1. The molecule has 1 aliphatic heterocycles. The van der Waals surface area contributed by atoms with Crippen molar-refractivity contribution in [1.29, 1.82) is 0 Å². The number of aromatic amines is 1. The summed E-state index contributed by atoms with van der Waals surface area (Å²) in [6, 6.07) is 5.95. The maximum atomic E-state index is 12.7. The van der Waals surface area contributed by atoms with E-state index in [1.807, 2.05) is 6.07 Å². The molecule has 1 aromatic heterocycles. The summed E-state index contributed by atoms with van der Waals surface area (Å²) in [6.07, 6.45) is 4.63. The van der Waals surface area contributed by atoms with Crippen molar-refractivity contribution in [3.63, 3.8) is 0 Å². The summed E-state index contributed by atoms with van der Waals surface area (Å²) < 4.78 is 10.1. The maximum absolute atomic E-state index is 12.7. The van der Waals surface area contributed by atoms with Crippen molar-refractivity contribution < 1.29 is 24.0 Å². The van der Waals surface area contributed by atoms with E-state index in [0.29, 0.717) is 29.5 Å². The largest absolute Gasteiger partial charge is 0.497 e. The number of carbonyl (C=O) groups excluding carboxylic acids is 2. The van der Waals surface area contributed by atoms with Gasteiger partial charge in [-0.25, -0.2) is 4.79 Å². The lowest BCUT2D eigenvalue weighted by molar-refractivity contribution is -0.923. The van der Waals surface area contributed by atoms with Gasteiger partial charge in [-0.05, 0) is 37.8 Å². The number of piperidine rings is 1. The molecule has 1 amide bonds. The fraction of sp³-hybridized carbons (Fsp3) is 0.500. The van der Waals surface area contributed by atoms with E-state index in [1.165, 1.54) is 24.9 Å². The van der Waals surface area contributed by atoms with E-state index in [1.54, 1.807) is 19.2 Å². The number of ether oxygens (including phenoxy) is 2. The molecule has 1 aliphatic rings. The van der Waals surface area contributed by atoms with Gasteiger partial charge in [-0.2, -0.15) is 0 Å². The van der Waals surface area contributed by atoms with Gasteiger partial charge in [0.05, 0.1) is 38.0 Å². The van der Waals surface area contributed by atoms with Gasteiger partial charge in [0.2, 0.25) is 0 Å². The van der Waals surface area contributed by atoms with Crippen LogP contribution in [0.5, 0.6) is 5.75 Å². The van der Waals surface area contributed by atoms with Crippen LogP contribution in [-0.2, 0) is 9.53 Å². The number of H-pyrrole nitrogens is 1. The molecule has 3 rings (SSSR count). The number of carbonyl (C=O) groups is 2. The normalized spacial score (nSPS) is 19.7. The molecule has 7 heteroatoms. The maximum Gasteiger partial charge on any atom is 0.356 e. The molecule has 0 spiro atoms. The van der Waals surface area contributed by atoms with Crippen LogP contribution in [0.1, 0.15) is 43.1 Å². The average molecular weight is 374 g/mol. The lowest BCUT2D eigenvalue weighted by Crippen LogP contribution is -3.17. The average Bonchev–Trinajstić information content (AvgIpc) is 3.05. The van der Waals surface area contributed by atoms with Crippen LogP contribution in [0.25, 0.3) is 10.9 Å². The topological polar surface area (TPSA) is 84.9 Å². The molecular weight excluding hydrogens is 346 g/mol. The molecule has 0 saturated carbocycles. The van der Waals surface area contributed by atoms with Crippen molar-refractivity contribution >= 4 is 28.5 Å². The second kappa shape index (κ2) is 8.43. The van der Waals surface area contributed by atoms with Crippen molar-refractivity contribution in [3.05, 3.63) is 23.9 Å². The molecule has 146 valence electrons. The predicted molar refractivity (Wildman–Crippen MR) is 103 cm³/mol. The summed E-state index contributed by atoms with van der Waals surface area (Å²) in [7, 11) is 2.91. The van der Waals surface area contributed by atoms with Gasteiger partial charge in [0.1, 0.15) is 11.4 Å². The van der Waals surface area contributed by atoms with Gasteiger partial charge in [0.15, 0.2) is 6.54 Å². The summed E-state index contributed by atoms with van der Waals surface area (Å²) in [5.41, 5.74) is 1.42. The third-order valence-corrected chi connectivity index (χ3v) is 5.42. The molecule has 2 heterocycles. The minimum absolute atomic E-state index is 0.0905. The Morgan fingerprint density at radius 1 is 1.30 bits per heavy atom. The Morgan fingerprint density at radius 3 is 2.81 bits per heavy atom. The Kier molecular flexibility index (Phi) is 6.01. The molecule has 1 unspecified atom stereocenters. The smallest absolute Gasteiger partial charge is 0.356 e. The molecule has 0 radical (unpaired) electrons. The Labute approximate surface area is 159 Å². The van der Waals surface area contributed by atoms with Gasteiger partial charge in [0.25, 0.3) is 5.91 Å². The number of fused-ring (bicyclic) bond motifs is 1. The number of anilines is 1. The van der Waals surface area contributed by atoms with Crippen molar-refractivity contribution in [3.8, 4) is 5.75 Å². The predicted octanol–water partition coefficient (Wildman–Crippen LogP) is 1.75. The number of methoxy groups -OCH3 is 2. The van der Waals surface area contributed by atoms with E-state index in [9.17, 15) is 9.59 Å². The van der Waals surface area contributed by atoms with Crippen molar-refractivity contribution in [2.75, 3.05) is 32.6 Å². The lowest BCUT2D eigenvalue weighted by Gasteiger charge is -2.31. The number of aromatic nitrogens is 1. The lowest BCUT2D eigenvalue weighted by atomic mass is 10.00. The Bertz CT molecular complexity index is 830. The number of nitrogens with one attached hydrogen (secondary N) is 3. The van der Waals surface area contributed by atoms with Crippen molar-refractivity contribution in [1.82, 2.24) is 4.98 Å². The summed E-state index contributed by atoms with van der Waals surface area (Å²) in [5.74, 6) is 0.0611. The third-order valence-electron chi connectivity index (χ3n) is 5.42. The van der Waals surface area contributed by atoms with Crippen LogP contribution in [0.3, 0.4) is 0 Å². The second-order valence-corrected chi connectivity index (χ2v) is 7.01. The summed E-state index contributed by atoms with van der Waals surface area (Å²) in [5, 5.41) is 3.70. The van der Waals surface area contributed by atoms with Crippen molar-refractivity contribution in [2.45, 2.75) is 38.6 Å². The van der Waals surface area contributed by atoms with Crippen LogP contribution in [0.15, 0.2) is 18.2 Å². The summed E-state index contributed by atoms with van der Waals surface area (Å²) >= 11 is 0. The van der Waals surface area contributed by atoms with E-state index >= 15 is 0 Å². The monoisotopic (exact) mass is 374 g/mol. The van der Waals surface area contributed by atoms with Crippen LogP contribution >= 0.6 is 0 Å². The fourth-order valence-electron chi connectivity index (χ4n) is 3.95. The first kappa shape index (κ1) is 19.2. The highest BCUT2D eigenvalue weighted by atomic mass is 16.5. The molecule has 2 aromatic rings. The van der Waals surface area contributed by atoms with E-state index < -0.39 is 5.97 Å².